The molecule has 0 aliphatic rings. The molecular weight excluding hydrogens is 242 g/mol. The monoisotopic (exact) mass is 261 g/mol. The van der Waals surface area contributed by atoms with Crippen molar-refractivity contribution in [2.75, 3.05) is 28.2 Å². The maximum Gasteiger partial charge on any atom is 0.335 e. The SMILES string of the molecule is C[N+](C)(C)C.O=C(O)c1cc([O-])c2ccccc2c1. The molecule has 0 atom stereocenters. The molecule has 0 unspecified atom stereocenters. The quantitative estimate of drug-likeness (QED) is 0.798. The number of benzene rings is 2. The minimum Gasteiger partial charge on any atom is -0.872 e. The van der Waals surface area contributed by atoms with Crippen LogP contribution in [0.25, 0.3) is 10.8 Å². The van der Waals surface area contributed by atoms with E-state index >= 15 is 0 Å². The first-order valence-corrected chi connectivity index (χ1v) is 5.90. The molecule has 0 radical (unpaired) electrons. The van der Waals surface area contributed by atoms with Crippen molar-refractivity contribution in [1.29, 1.82) is 0 Å². The number of quaternary nitrogens is 1. The normalized spacial score (nSPS) is 10.7. The lowest BCUT2D eigenvalue weighted by Crippen LogP contribution is -2.27. The van der Waals surface area contributed by atoms with E-state index in [1.807, 2.05) is 0 Å². The number of aromatic carboxylic acids is 1. The Bertz CT molecular complexity index is 579. The van der Waals surface area contributed by atoms with Gasteiger partial charge in [0.25, 0.3) is 0 Å². The fourth-order valence-corrected chi connectivity index (χ4v) is 1.40. The van der Waals surface area contributed by atoms with Crippen molar-refractivity contribution < 1.29 is 19.5 Å². The van der Waals surface area contributed by atoms with Crippen LogP contribution >= 0.6 is 0 Å². The van der Waals surface area contributed by atoms with Gasteiger partial charge < -0.3 is 14.7 Å². The molecule has 0 heterocycles. The van der Waals surface area contributed by atoms with Crippen LogP contribution in [0.4, 0.5) is 0 Å². The van der Waals surface area contributed by atoms with E-state index in [1.165, 1.54) is 6.07 Å². The fraction of sp³-hybridized carbons (Fsp3) is 0.267. The van der Waals surface area contributed by atoms with Crippen molar-refractivity contribution in [3.63, 3.8) is 0 Å². The van der Waals surface area contributed by atoms with E-state index in [2.05, 4.69) is 28.2 Å². The summed E-state index contributed by atoms with van der Waals surface area (Å²) in [6.45, 7) is 0. The van der Waals surface area contributed by atoms with E-state index < -0.39 is 5.97 Å². The van der Waals surface area contributed by atoms with Gasteiger partial charge in [-0.3, -0.25) is 0 Å². The van der Waals surface area contributed by atoms with Crippen LogP contribution in [0.5, 0.6) is 5.75 Å². The zero-order chi connectivity index (χ0) is 14.6. The van der Waals surface area contributed by atoms with Gasteiger partial charge in [0.05, 0.1) is 33.8 Å². The van der Waals surface area contributed by atoms with Crippen molar-refractivity contribution in [1.82, 2.24) is 0 Å². The molecule has 0 saturated heterocycles. The molecule has 0 aromatic heterocycles. The van der Waals surface area contributed by atoms with Crippen LogP contribution in [0.2, 0.25) is 0 Å². The molecule has 2 rings (SSSR count). The average molecular weight is 261 g/mol. The third-order valence-electron chi connectivity index (χ3n) is 2.07. The van der Waals surface area contributed by atoms with Crippen LogP contribution in [0.3, 0.4) is 0 Å². The Balaban J connectivity index is 0.000000312. The highest BCUT2D eigenvalue weighted by molar-refractivity contribution is 5.97. The minimum absolute atomic E-state index is 0.0358. The smallest absolute Gasteiger partial charge is 0.335 e. The van der Waals surface area contributed by atoms with E-state index in [4.69, 9.17) is 5.11 Å². The summed E-state index contributed by atoms with van der Waals surface area (Å²) in [5.41, 5.74) is 0.0358. The topological polar surface area (TPSA) is 60.4 Å². The Kier molecular flexibility index (Phi) is 4.51. The van der Waals surface area contributed by atoms with Gasteiger partial charge in [0.1, 0.15) is 0 Å². The Morgan fingerprint density at radius 3 is 2.16 bits per heavy atom. The molecule has 0 spiro atoms. The van der Waals surface area contributed by atoms with Gasteiger partial charge in [-0.05, 0) is 16.8 Å². The Morgan fingerprint density at radius 2 is 1.63 bits per heavy atom. The standard InChI is InChI=1S/C11H8O3.C4H12N/c12-10-6-8(11(13)14)5-7-3-1-2-4-9(7)10;1-5(2,3)4/h1-6,12H,(H,13,14);1-4H3/q;+1/p-1. The third kappa shape index (κ3) is 4.97. The summed E-state index contributed by atoms with van der Waals surface area (Å²) in [5, 5.41) is 21.4. The molecule has 4 nitrogen and oxygen atoms in total. The first-order valence-electron chi connectivity index (χ1n) is 5.90. The molecule has 102 valence electrons. The van der Waals surface area contributed by atoms with Crippen LogP contribution in [0, 0.1) is 0 Å². The Hall–Kier alpha value is -2.07. The first kappa shape index (κ1) is 15.0. The Labute approximate surface area is 113 Å². The zero-order valence-electron chi connectivity index (χ0n) is 11.7. The lowest BCUT2D eigenvalue weighted by atomic mass is 10.1. The highest BCUT2D eigenvalue weighted by Gasteiger charge is 2.03. The molecule has 1 N–H and O–H groups in total. The van der Waals surface area contributed by atoms with Gasteiger partial charge in [0.15, 0.2) is 0 Å². The third-order valence-corrected chi connectivity index (χ3v) is 2.07. The Morgan fingerprint density at radius 1 is 1.11 bits per heavy atom. The molecule has 0 aliphatic heterocycles. The lowest BCUT2D eigenvalue weighted by Gasteiger charge is -2.14. The second kappa shape index (κ2) is 5.71. The molecule has 0 aliphatic carbocycles. The van der Waals surface area contributed by atoms with Gasteiger partial charge in [-0.15, -0.1) is 5.75 Å². The van der Waals surface area contributed by atoms with Gasteiger partial charge in [-0.25, -0.2) is 4.79 Å². The van der Waals surface area contributed by atoms with E-state index in [-0.39, 0.29) is 11.3 Å². The van der Waals surface area contributed by atoms with Gasteiger partial charge in [-0.2, -0.15) is 0 Å². The first-order chi connectivity index (χ1) is 8.68. The summed E-state index contributed by atoms with van der Waals surface area (Å²) in [4.78, 5) is 10.7. The maximum atomic E-state index is 11.4. The number of rotatable bonds is 1. The van der Waals surface area contributed by atoms with E-state index in [1.54, 1.807) is 24.3 Å². The molecular formula is C15H19NO3. The summed E-state index contributed by atoms with van der Waals surface area (Å²) in [7, 11) is 8.50. The largest absolute Gasteiger partial charge is 0.872 e. The lowest BCUT2D eigenvalue weighted by molar-refractivity contribution is -0.849. The number of fused-ring (bicyclic) bond motifs is 1. The van der Waals surface area contributed by atoms with Gasteiger partial charge in [0.2, 0.25) is 0 Å². The minimum atomic E-state index is -1.08. The molecule has 19 heavy (non-hydrogen) atoms. The van der Waals surface area contributed by atoms with Crippen LogP contribution in [-0.4, -0.2) is 43.7 Å². The van der Waals surface area contributed by atoms with E-state index in [0.717, 1.165) is 10.5 Å². The average Bonchev–Trinajstić information content (AvgIpc) is 2.26. The van der Waals surface area contributed by atoms with Gasteiger partial charge >= 0.3 is 5.97 Å². The number of nitrogens with zero attached hydrogens (tertiary/aromatic N) is 1. The summed E-state index contributed by atoms with van der Waals surface area (Å²) in [5.74, 6) is -1.33. The molecule has 2 aromatic carbocycles. The summed E-state index contributed by atoms with van der Waals surface area (Å²) < 4.78 is 1.00. The molecule has 2 aromatic rings. The number of hydrogen-bond donors (Lipinski definition) is 1. The highest BCUT2D eigenvalue weighted by Crippen LogP contribution is 2.23. The van der Waals surface area contributed by atoms with Crippen molar-refractivity contribution in [3.05, 3.63) is 42.0 Å². The molecule has 0 amide bonds. The van der Waals surface area contributed by atoms with Gasteiger partial charge in [-0.1, -0.05) is 30.3 Å². The molecule has 0 bridgehead atoms. The van der Waals surface area contributed by atoms with E-state index in [0.29, 0.717) is 10.8 Å². The molecule has 4 heteroatoms. The zero-order valence-corrected chi connectivity index (χ0v) is 11.7. The number of hydrogen-bond acceptors (Lipinski definition) is 2. The number of carboxylic acids is 1. The van der Waals surface area contributed by atoms with Crippen LogP contribution in [-0.2, 0) is 0 Å². The molecule has 0 saturated carbocycles. The second-order valence-electron chi connectivity index (χ2n) is 5.68. The summed E-state index contributed by atoms with van der Waals surface area (Å²) in [6, 6.07) is 9.58. The maximum absolute atomic E-state index is 11.4. The summed E-state index contributed by atoms with van der Waals surface area (Å²) >= 11 is 0. The van der Waals surface area contributed by atoms with Crippen LogP contribution in [0.1, 0.15) is 10.4 Å². The summed E-state index contributed by atoms with van der Waals surface area (Å²) in [6.07, 6.45) is 0. The fourth-order valence-electron chi connectivity index (χ4n) is 1.40. The predicted molar refractivity (Wildman–Crippen MR) is 74.3 cm³/mol. The van der Waals surface area contributed by atoms with Crippen molar-refractivity contribution in [2.45, 2.75) is 0 Å². The van der Waals surface area contributed by atoms with Crippen molar-refractivity contribution in [2.24, 2.45) is 0 Å². The van der Waals surface area contributed by atoms with Crippen molar-refractivity contribution in [3.8, 4) is 5.75 Å². The second-order valence-corrected chi connectivity index (χ2v) is 5.68. The predicted octanol–water partition coefficient (Wildman–Crippen LogP) is 1.93. The number of carbonyl (C=O) groups is 1. The van der Waals surface area contributed by atoms with E-state index in [9.17, 15) is 9.90 Å². The highest BCUT2D eigenvalue weighted by atomic mass is 16.4. The number of carboxylic acid groups (broad SMARTS) is 1. The van der Waals surface area contributed by atoms with Crippen LogP contribution < -0.4 is 5.11 Å². The van der Waals surface area contributed by atoms with Crippen LogP contribution in [0.15, 0.2) is 36.4 Å². The van der Waals surface area contributed by atoms with Gasteiger partial charge in [0, 0.05) is 0 Å². The molecule has 0 fully saturated rings. The van der Waals surface area contributed by atoms with Crippen molar-refractivity contribution >= 4 is 16.7 Å².